The van der Waals surface area contributed by atoms with Crippen LogP contribution in [0.3, 0.4) is 0 Å². The van der Waals surface area contributed by atoms with Gasteiger partial charge in [0.05, 0.1) is 17.2 Å². The molecule has 1 unspecified atom stereocenters. The molecule has 200 valence electrons. The summed E-state index contributed by atoms with van der Waals surface area (Å²) in [6, 6.07) is 7.32. The van der Waals surface area contributed by atoms with Crippen molar-refractivity contribution in [2.45, 2.75) is 19.8 Å². The Balaban J connectivity index is 1.99. The number of hydrogen-bond acceptors (Lipinski definition) is 6. The summed E-state index contributed by atoms with van der Waals surface area (Å²) in [4.78, 5) is 17.4. The second kappa shape index (κ2) is 12.0. The smallest absolute Gasteiger partial charge is 0.255 e. The highest BCUT2D eigenvalue weighted by molar-refractivity contribution is 7.88. The average molecular weight is 551 g/mol. The number of furan rings is 1. The van der Waals surface area contributed by atoms with Crippen LogP contribution in [-0.4, -0.2) is 67.0 Å². The molecule has 0 saturated carbocycles. The molecule has 3 aromatic rings. The van der Waals surface area contributed by atoms with Crippen LogP contribution in [0.1, 0.15) is 28.8 Å². The van der Waals surface area contributed by atoms with Crippen molar-refractivity contribution in [3.8, 4) is 11.3 Å². The average Bonchev–Trinajstić information content (AvgIpc) is 3.20. The Morgan fingerprint density at radius 1 is 1.24 bits per heavy atom. The van der Waals surface area contributed by atoms with E-state index in [1.807, 2.05) is 0 Å². The number of carbonyl (C=O) groups excluding carboxylic acids is 1. The summed E-state index contributed by atoms with van der Waals surface area (Å²) in [6.45, 7) is 6.27. The Bertz CT molecular complexity index is 1420. The van der Waals surface area contributed by atoms with E-state index < -0.39 is 26.8 Å². The van der Waals surface area contributed by atoms with E-state index in [0.29, 0.717) is 41.7 Å². The summed E-state index contributed by atoms with van der Waals surface area (Å²) < 4.78 is 59.3. The van der Waals surface area contributed by atoms with Gasteiger partial charge in [0, 0.05) is 38.5 Å². The number of anilines is 1. The number of aryl methyl sites for hydroxylation is 1. The number of carbonyl (C=O) groups is 1. The molecule has 3 rings (SSSR count). The summed E-state index contributed by atoms with van der Waals surface area (Å²) in [7, 11) is -3.37. The molecular formula is C25H31FN4O5S2. The molecule has 1 amide bonds. The van der Waals surface area contributed by atoms with Crippen LogP contribution in [0.2, 0.25) is 0 Å². The minimum atomic E-state index is -3.40. The van der Waals surface area contributed by atoms with Gasteiger partial charge in [-0.25, -0.2) is 21.3 Å². The number of rotatable bonds is 12. The molecule has 1 atom stereocenters. The van der Waals surface area contributed by atoms with E-state index in [-0.39, 0.29) is 36.0 Å². The molecule has 0 radical (unpaired) electrons. The second-order valence-electron chi connectivity index (χ2n) is 8.49. The van der Waals surface area contributed by atoms with Gasteiger partial charge in [-0.05, 0) is 55.7 Å². The topological polar surface area (TPSA) is 113 Å². The largest absolute Gasteiger partial charge is 0.437 e. The van der Waals surface area contributed by atoms with Crippen LogP contribution in [0.5, 0.6) is 0 Å². The zero-order valence-electron chi connectivity index (χ0n) is 21.3. The van der Waals surface area contributed by atoms with Gasteiger partial charge in [0.2, 0.25) is 15.7 Å². The van der Waals surface area contributed by atoms with Crippen LogP contribution in [0.15, 0.2) is 47.4 Å². The van der Waals surface area contributed by atoms with Crippen molar-refractivity contribution >= 4 is 43.8 Å². The first-order valence-corrected chi connectivity index (χ1v) is 14.9. The fourth-order valence-electron chi connectivity index (χ4n) is 3.95. The van der Waals surface area contributed by atoms with Gasteiger partial charge in [-0.15, -0.1) is 6.58 Å². The first kappa shape index (κ1) is 28.5. The Morgan fingerprint density at radius 2 is 1.92 bits per heavy atom. The first-order chi connectivity index (χ1) is 17.5. The summed E-state index contributed by atoms with van der Waals surface area (Å²) in [6.07, 6.45) is 5.26. The standard InChI is InChI=1S/C25H31FN4O5S2/c1-6-7-13-29(37(5,33)34)14-8-15-30(36(4)32)23-17(2)16-20-21(24(31)27-3)22(35-25(20)28-23)18-9-11-19(26)12-10-18/h6,9-12,16H,1,7-8,13-15H2,2-5H3,(H,27,31). The molecule has 0 aliphatic heterocycles. The van der Waals surface area contributed by atoms with Crippen molar-refractivity contribution in [3.63, 3.8) is 0 Å². The molecule has 0 spiro atoms. The van der Waals surface area contributed by atoms with E-state index >= 15 is 0 Å². The molecular weight excluding hydrogens is 519 g/mol. The number of nitrogens with one attached hydrogen (secondary N) is 1. The molecule has 0 fully saturated rings. The van der Waals surface area contributed by atoms with Gasteiger partial charge >= 0.3 is 0 Å². The van der Waals surface area contributed by atoms with E-state index in [9.17, 15) is 21.8 Å². The van der Waals surface area contributed by atoms with Crippen LogP contribution in [0.25, 0.3) is 22.4 Å². The molecule has 37 heavy (non-hydrogen) atoms. The van der Waals surface area contributed by atoms with Crippen molar-refractivity contribution in [1.29, 1.82) is 0 Å². The Kier molecular flexibility index (Phi) is 9.21. The number of sulfonamides is 1. The SMILES string of the molecule is C=CCCN(CCCN(c1nc2oc(-c3ccc(F)cc3)c(C(=O)NC)c2cc1C)S(C)=O)S(C)(=O)=O. The maximum atomic E-state index is 13.5. The van der Waals surface area contributed by atoms with Gasteiger partial charge in [0.1, 0.15) is 28.4 Å². The molecule has 0 aliphatic rings. The summed E-state index contributed by atoms with van der Waals surface area (Å²) in [5, 5.41) is 3.07. The number of aromatic nitrogens is 1. The summed E-state index contributed by atoms with van der Waals surface area (Å²) in [5.74, 6) is -0.164. The number of amides is 1. The number of fused-ring (bicyclic) bond motifs is 1. The van der Waals surface area contributed by atoms with Gasteiger partial charge in [0.25, 0.3) is 5.91 Å². The lowest BCUT2D eigenvalue weighted by molar-refractivity contribution is 0.0964. The third-order valence-electron chi connectivity index (χ3n) is 5.77. The Morgan fingerprint density at radius 3 is 2.49 bits per heavy atom. The number of hydrogen-bond donors (Lipinski definition) is 1. The van der Waals surface area contributed by atoms with Gasteiger partial charge in [-0.3, -0.25) is 9.10 Å². The lowest BCUT2D eigenvalue weighted by Crippen LogP contribution is -2.35. The van der Waals surface area contributed by atoms with Gasteiger partial charge in [-0.2, -0.15) is 4.98 Å². The van der Waals surface area contributed by atoms with E-state index in [0.717, 1.165) is 6.26 Å². The molecule has 2 aromatic heterocycles. The van der Waals surface area contributed by atoms with Crippen LogP contribution in [0.4, 0.5) is 10.2 Å². The molecule has 0 saturated heterocycles. The van der Waals surface area contributed by atoms with Crippen LogP contribution >= 0.6 is 0 Å². The van der Waals surface area contributed by atoms with Gasteiger partial charge < -0.3 is 9.73 Å². The Hall–Kier alpha value is -3.09. The third-order valence-corrected chi connectivity index (χ3v) is 8.05. The van der Waals surface area contributed by atoms with Gasteiger partial charge in [0.15, 0.2) is 0 Å². The quantitative estimate of drug-likeness (QED) is 0.345. The number of benzene rings is 1. The fourth-order valence-corrected chi connectivity index (χ4v) is 5.66. The van der Waals surface area contributed by atoms with E-state index in [4.69, 9.17) is 4.42 Å². The fraction of sp³-hybridized carbons (Fsp3) is 0.360. The van der Waals surface area contributed by atoms with Crippen LogP contribution in [-0.2, 0) is 21.0 Å². The normalized spacial score (nSPS) is 12.6. The molecule has 0 bridgehead atoms. The molecule has 2 heterocycles. The van der Waals surface area contributed by atoms with Crippen LogP contribution in [0, 0.1) is 12.7 Å². The number of nitrogens with zero attached hydrogens (tertiary/aromatic N) is 3. The molecule has 12 heteroatoms. The highest BCUT2D eigenvalue weighted by Crippen LogP contribution is 2.35. The molecule has 0 aliphatic carbocycles. The van der Waals surface area contributed by atoms with E-state index in [1.165, 1.54) is 41.9 Å². The van der Waals surface area contributed by atoms with Crippen molar-refractivity contribution in [3.05, 3.63) is 59.9 Å². The number of pyridine rings is 1. The second-order valence-corrected chi connectivity index (χ2v) is 11.8. The maximum Gasteiger partial charge on any atom is 0.255 e. The van der Waals surface area contributed by atoms with Gasteiger partial charge in [-0.1, -0.05) is 6.08 Å². The molecule has 1 aromatic carbocycles. The predicted molar refractivity (Wildman–Crippen MR) is 145 cm³/mol. The minimum Gasteiger partial charge on any atom is -0.437 e. The van der Waals surface area contributed by atoms with Crippen molar-refractivity contribution in [2.24, 2.45) is 0 Å². The lowest BCUT2D eigenvalue weighted by Gasteiger charge is -2.24. The molecule has 9 nitrogen and oxygen atoms in total. The molecule has 1 N–H and O–H groups in total. The zero-order valence-corrected chi connectivity index (χ0v) is 22.9. The van der Waals surface area contributed by atoms with Crippen molar-refractivity contribution in [1.82, 2.24) is 14.6 Å². The minimum absolute atomic E-state index is 0.165. The third kappa shape index (κ3) is 6.62. The van der Waals surface area contributed by atoms with Crippen LogP contribution < -0.4 is 9.62 Å². The van der Waals surface area contributed by atoms with E-state index in [2.05, 4.69) is 16.9 Å². The lowest BCUT2D eigenvalue weighted by atomic mass is 10.0. The van der Waals surface area contributed by atoms with E-state index in [1.54, 1.807) is 23.4 Å². The maximum absolute atomic E-state index is 13.5. The highest BCUT2D eigenvalue weighted by atomic mass is 32.2. The zero-order chi connectivity index (χ0) is 27.3. The van der Waals surface area contributed by atoms with Crippen molar-refractivity contribution in [2.75, 3.05) is 43.5 Å². The monoisotopic (exact) mass is 550 g/mol. The van der Waals surface area contributed by atoms with Crippen molar-refractivity contribution < 1.29 is 26.2 Å². The first-order valence-electron chi connectivity index (χ1n) is 11.6. The predicted octanol–water partition coefficient (Wildman–Crippen LogP) is 3.63. The number of halogens is 1. The summed E-state index contributed by atoms with van der Waals surface area (Å²) >= 11 is 0. The Labute approximate surface area is 219 Å². The highest BCUT2D eigenvalue weighted by Gasteiger charge is 2.25. The summed E-state index contributed by atoms with van der Waals surface area (Å²) in [5.41, 5.74) is 1.60.